The van der Waals surface area contributed by atoms with E-state index in [1.54, 1.807) is 14.2 Å². The second-order valence-electron chi connectivity index (χ2n) is 7.00. The number of ether oxygens (including phenoxy) is 2. The summed E-state index contributed by atoms with van der Waals surface area (Å²) in [6.45, 7) is 0. The van der Waals surface area contributed by atoms with Crippen LogP contribution in [0.1, 0.15) is 30.4 Å². The van der Waals surface area contributed by atoms with Crippen molar-refractivity contribution in [3.63, 3.8) is 0 Å². The van der Waals surface area contributed by atoms with Crippen LogP contribution in [0.4, 0.5) is 0 Å². The standard InChI is InChI=1S/C23H24O2/c1-24-22-7-3-18(4-8-22)20-12-16-11-17(13-20)15-21(14-16)19-5-9-23(25-2)10-6-19/h3-10,12,15-17H,11,13-14H2,1-2H3/t16-,17+/m1/s1. The summed E-state index contributed by atoms with van der Waals surface area (Å²) in [5.74, 6) is 3.11. The van der Waals surface area contributed by atoms with Gasteiger partial charge in [0.1, 0.15) is 11.5 Å². The molecule has 0 unspecified atom stereocenters. The van der Waals surface area contributed by atoms with E-state index < -0.39 is 0 Å². The summed E-state index contributed by atoms with van der Waals surface area (Å²) in [6, 6.07) is 16.9. The number of methoxy groups -OCH3 is 2. The van der Waals surface area contributed by atoms with E-state index in [0.717, 1.165) is 24.3 Å². The average molecular weight is 332 g/mol. The summed E-state index contributed by atoms with van der Waals surface area (Å²) in [5, 5.41) is 0. The van der Waals surface area contributed by atoms with Crippen LogP contribution in [0.5, 0.6) is 11.5 Å². The average Bonchev–Trinajstić information content (AvgIpc) is 2.67. The van der Waals surface area contributed by atoms with Crippen molar-refractivity contribution in [1.29, 1.82) is 0 Å². The maximum Gasteiger partial charge on any atom is 0.118 e. The molecular weight excluding hydrogens is 308 g/mol. The first-order valence-corrected chi connectivity index (χ1v) is 8.95. The number of hydrogen-bond donors (Lipinski definition) is 0. The van der Waals surface area contributed by atoms with Crippen LogP contribution >= 0.6 is 0 Å². The number of benzene rings is 2. The molecule has 0 heterocycles. The Morgan fingerprint density at radius 1 is 0.640 bits per heavy atom. The van der Waals surface area contributed by atoms with E-state index in [9.17, 15) is 0 Å². The van der Waals surface area contributed by atoms with Crippen LogP contribution in [-0.2, 0) is 0 Å². The van der Waals surface area contributed by atoms with Gasteiger partial charge in [0.15, 0.2) is 0 Å². The Morgan fingerprint density at radius 2 is 1.04 bits per heavy atom. The summed E-state index contributed by atoms with van der Waals surface area (Å²) in [6.07, 6.45) is 8.52. The SMILES string of the molecule is COc1ccc(C2=C[C@@H]3CC(c4ccc(OC)cc4)=C[C@H](C2)C3)cc1. The van der Waals surface area contributed by atoms with E-state index in [4.69, 9.17) is 9.47 Å². The van der Waals surface area contributed by atoms with Crippen LogP contribution in [0.15, 0.2) is 60.7 Å². The first kappa shape index (κ1) is 16.0. The smallest absolute Gasteiger partial charge is 0.118 e. The molecule has 0 saturated carbocycles. The van der Waals surface area contributed by atoms with Crippen LogP contribution in [0.2, 0.25) is 0 Å². The molecule has 2 aromatic carbocycles. The first-order chi connectivity index (χ1) is 12.2. The summed E-state index contributed by atoms with van der Waals surface area (Å²) in [7, 11) is 3.43. The quantitative estimate of drug-likeness (QED) is 0.725. The molecule has 2 heteroatoms. The van der Waals surface area contributed by atoms with Gasteiger partial charge in [-0.3, -0.25) is 0 Å². The second-order valence-corrected chi connectivity index (χ2v) is 7.00. The van der Waals surface area contributed by atoms with E-state index in [1.807, 2.05) is 0 Å². The predicted molar refractivity (Wildman–Crippen MR) is 103 cm³/mol. The predicted octanol–water partition coefficient (Wildman–Crippen LogP) is 5.60. The van der Waals surface area contributed by atoms with Gasteiger partial charge in [0.2, 0.25) is 0 Å². The van der Waals surface area contributed by atoms with Gasteiger partial charge in [-0.1, -0.05) is 36.4 Å². The molecule has 0 spiro atoms. The molecule has 0 aliphatic heterocycles. The van der Waals surface area contributed by atoms with Crippen molar-refractivity contribution in [2.45, 2.75) is 19.3 Å². The summed E-state index contributed by atoms with van der Waals surface area (Å²) >= 11 is 0. The number of rotatable bonds is 4. The van der Waals surface area contributed by atoms with Gasteiger partial charge in [-0.2, -0.15) is 0 Å². The molecule has 2 aliphatic carbocycles. The van der Waals surface area contributed by atoms with Crippen LogP contribution in [-0.4, -0.2) is 14.2 Å². The molecule has 4 rings (SSSR count). The number of fused-ring (bicyclic) bond motifs is 2. The van der Waals surface area contributed by atoms with E-state index in [0.29, 0.717) is 11.8 Å². The van der Waals surface area contributed by atoms with Crippen LogP contribution in [0, 0.1) is 11.8 Å². The third-order valence-electron chi connectivity index (χ3n) is 5.37. The van der Waals surface area contributed by atoms with E-state index in [-0.39, 0.29) is 0 Å². The molecule has 0 radical (unpaired) electrons. The van der Waals surface area contributed by atoms with E-state index >= 15 is 0 Å². The summed E-state index contributed by atoms with van der Waals surface area (Å²) in [5.41, 5.74) is 5.62. The molecule has 2 aliphatic rings. The zero-order valence-electron chi connectivity index (χ0n) is 14.9. The monoisotopic (exact) mass is 332 g/mol. The zero-order chi connectivity index (χ0) is 17.2. The highest BCUT2D eigenvalue weighted by Crippen LogP contribution is 2.44. The molecule has 2 nitrogen and oxygen atoms in total. The molecular formula is C23H24O2. The van der Waals surface area contributed by atoms with Crippen molar-refractivity contribution in [2.24, 2.45) is 11.8 Å². The zero-order valence-corrected chi connectivity index (χ0v) is 14.9. The number of allylic oxidation sites excluding steroid dienone is 4. The Bertz CT molecular complexity index is 727. The summed E-state index contributed by atoms with van der Waals surface area (Å²) in [4.78, 5) is 0. The van der Waals surface area contributed by atoms with Gasteiger partial charge in [0, 0.05) is 0 Å². The third kappa shape index (κ3) is 3.34. The second kappa shape index (κ2) is 6.79. The van der Waals surface area contributed by atoms with Crippen molar-refractivity contribution in [2.75, 3.05) is 14.2 Å². The van der Waals surface area contributed by atoms with Crippen molar-refractivity contribution < 1.29 is 9.47 Å². The summed E-state index contributed by atoms with van der Waals surface area (Å²) < 4.78 is 10.5. The highest BCUT2D eigenvalue weighted by Gasteiger charge is 2.27. The lowest BCUT2D eigenvalue weighted by Gasteiger charge is -2.33. The van der Waals surface area contributed by atoms with Gasteiger partial charge >= 0.3 is 0 Å². The molecule has 2 aromatic rings. The fourth-order valence-electron chi connectivity index (χ4n) is 4.12. The molecule has 25 heavy (non-hydrogen) atoms. The van der Waals surface area contributed by atoms with Crippen LogP contribution in [0.3, 0.4) is 0 Å². The highest BCUT2D eigenvalue weighted by atomic mass is 16.5. The van der Waals surface area contributed by atoms with Gasteiger partial charge in [-0.15, -0.1) is 0 Å². The minimum atomic E-state index is 0.637. The molecule has 0 saturated heterocycles. The Morgan fingerprint density at radius 3 is 1.40 bits per heavy atom. The highest BCUT2D eigenvalue weighted by molar-refractivity contribution is 5.73. The Kier molecular flexibility index (Phi) is 4.35. The Hall–Kier alpha value is -2.48. The van der Waals surface area contributed by atoms with Crippen molar-refractivity contribution in [3.05, 3.63) is 71.8 Å². The first-order valence-electron chi connectivity index (χ1n) is 8.95. The maximum absolute atomic E-state index is 5.27. The lowest BCUT2D eigenvalue weighted by Crippen LogP contribution is -2.18. The number of hydrogen-bond acceptors (Lipinski definition) is 2. The van der Waals surface area contributed by atoms with Crippen molar-refractivity contribution in [1.82, 2.24) is 0 Å². The minimum absolute atomic E-state index is 0.637. The van der Waals surface area contributed by atoms with Crippen molar-refractivity contribution >= 4 is 11.1 Å². The van der Waals surface area contributed by atoms with Crippen molar-refractivity contribution in [3.8, 4) is 11.5 Å². The third-order valence-corrected chi connectivity index (χ3v) is 5.37. The van der Waals surface area contributed by atoms with E-state index in [1.165, 1.54) is 28.7 Å². The maximum atomic E-state index is 5.27. The molecule has 0 amide bonds. The molecule has 0 N–H and O–H groups in total. The minimum Gasteiger partial charge on any atom is -0.497 e. The molecule has 0 fully saturated rings. The van der Waals surface area contributed by atoms with E-state index in [2.05, 4.69) is 60.7 Å². The molecule has 0 aromatic heterocycles. The molecule has 128 valence electrons. The van der Waals surface area contributed by atoms with Gasteiger partial charge in [0.25, 0.3) is 0 Å². The largest absolute Gasteiger partial charge is 0.497 e. The van der Waals surface area contributed by atoms with Gasteiger partial charge in [-0.25, -0.2) is 0 Å². The molecule has 2 atom stereocenters. The van der Waals surface area contributed by atoms with Crippen LogP contribution in [0.25, 0.3) is 11.1 Å². The normalized spacial score (nSPS) is 22.0. The van der Waals surface area contributed by atoms with Gasteiger partial charge < -0.3 is 9.47 Å². The topological polar surface area (TPSA) is 18.5 Å². The Labute approximate surface area is 149 Å². The molecule has 2 bridgehead atoms. The van der Waals surface area contributed by atoms with Gasteiger partial charge in [-0.05, 0) is 77.6 Å². The fraction of sp³-hybridized carbons (Fsp3) is 0.304. The Balaban J connectivity index is 1.54. The van der Waals surface area contributed by atoms with Gasteiger partial charge in [0.05, 0.1) is 14.2 Å². The fourth-order valence-corrected chi connectivity index (χ4v) is 4.12. The van der Waals surface area contributed by atoms with Crippen LogP contribution < -0.4 is 9.47 Å². The lowest BCUT2D eigenvalue weighted by molar-refractivity contribution is 0.414. The lowest BCUT2D eigenvalue weighted by atomic mass is 9.72.